The van der Waals surface area contributed by atoms with Crippen LogP contribution in [-0.4, -0.2) is 23.4 Å². The van der Waals surface area contributed by atoms with E-state index in [1.54, 1.807) is 12.1 Å². The lowest BCUT2D eigenvalue weighted by Gasteiger charge is -2.11. The van der Waals surface area contributed by atoms with E-state index in [4.69, 9.17) is 9.47 Å². The molecule has 4 nitrogen and oxygen atoms in total. The summed E-state index contributed by atoms with van der Waals surface area (Å²) in [4.78, 5) is 0. The van der Waals surface area contributed by atoms with Gasteiger partial charge in [-0.05, 0) is 48.4 Å². The van der Waals surface area contributed by atoms with Gasteiger partial charge in [-0.2, -0.15) is 5.10 Å². The molecule has 2 heterocycles. The first-order valence-electron chi connectivity index (χ1n) is 7.86. The highest BCUT2D eigenvalue weighted by molar-refractivity contribution is 5.70. The van der Waals surface area contributed by atoms with Crippen molar-refractivity contribution in [2.75, 3.05) is 13.2 Å². The summed E-state index contributed by atoms with van der Waals surface area (Å²) < 4.78 is 24.1. The summed E-state index contributed by atoms with van der Waals surface area (Å²) in [6.07, 6.45) is -0.272. The number of nitrogens with one attached hydrogen (secondary N) is 1. The fourth-order valence-electron chi connectivity index (χ4n) is 2.91. The molecule has 1 aliphatic heterocycles. The molecule has 0 radical (unpaired) electrons. The number of aromatic amines is 1. The van der Waals surface area contributed by atoms with Gasteiger partial charge in [-0.1, -0.05) is 18.2 Å². The molecule has 0 unspecified atom stereocenters. The van der Waals surface area contributed by atoms with Crippen LogP contribution in [0.5, 0.6) is 0 Å². The maximum Gasteiger partial charge on any atom is 0.184 e. The summed E-state index contributed by atoms with van der Waals surface area (Å²) in [6.45, 7) is 3.30. The summed E-state index contributed by atoms with van der Waals surface area (Å²) in [5, 5.41) is 7.41. The van der Waals surface area contributed by atoms with Crippen LogP contribution in [0.4, 0.5) is 4.39 Å². The summed E-state index contributed by atoms with van der Waals surface area (Å²) in [6, 6.07) is 14.4. The van der Waals surface area contributed by atoms with Crippen LogP contribution in [0.1, 0.15) is 17.4 Å². The number of halogens is 1. The lowest BCUT2D eigenvalue weighted by molar-refractivity contribution is -0.0441. The smallest absolute Gasteiger partial charge is 0.184 e. The first-order chi connectivity index (χ1) is 11.7. The van der Waals surface area contributed by atoms with Crippen molar-refractivity contribution in [1.82, 2.24) is 10.2 Å². The van der Waals surface area contributed by atoms with Crippen LogP contribution in [0.2, 0.25) is 0 Å². The van der Waals surface area contributed by atoms with Crippen LogP contribution in [0, 0.1) is 12.7 Å². The molecule has 5 heteroatoms. The topological polar surface area (TPSA) is 47.1 Å². The van der Waals surface area contributed by atoms with E-state index in [2.05, 4.69) is 16.3 Å². The molecule has 1 aromatic heterocycles. The molecule has 0 bridgehead atoms. The largest absolute Gasteiger partial charge is 0.346 e. The standard InChI is InChI=1S/C19H17FN2O2/c1-12-10-14(19-23-8-9-24-19)4-7-16(12)18-11-17(21-22-18)13-2-5-15(20)6-3-13/h2-7,10-11,19H,8-9H2,1H3,(H,21,22). The molecule has 122 valence electrons. The Hall–Kier alpha value is -2.50. The summed E-state index contributed by atoms with van der Waals surface area (Å²) in [5.74, 6) is -0.249. The van der Waals surface area contributed by atoms with Crippen molar-refractivity contribution in [3.63, 3.8) is 0 Å². The Morgan fingerprint density at radius 2 is 1.79 bits per heavy atom. The van der Waals surface area contributed by atoms with Crippen LogP contribution in [0.25, 0.3) is 22.5 Å². The van der Waals surface area contributed by atoms with Gasteiger partial charge in [0.2, 0.25) is 0 Å². The van der Waals surface area contributed by atoms with Crippen molar-refractivity contribution in [2.45, 2.75) is 13.2 Å². The number of hydrogen-bond acceptors (Lipinski definition) is 3. The minimum atomic E-state index is -0.272. The number of aryl methyl sites for hydroxylation is 1. The summed E-state index contributed by atoms with van der Waals surface area (Å²) in [5.41, 5.74) is 5.77. The van der Waals surface area contributed by atoms with Crippen LogP contribution in [-0.2, 0) is 9.47 Å². The van der Waals surface area contributed by atoms with Crippen molar-refractivity contribution in [2.24, 2.45) is 0 Å². The van der Waals surface area contributed by atoms with Gasteiger partial charge in [-0.25, -0.2) is 4.39 Å². The second-order valence-electron chi connectivity index (χ2n) is 5.82. The van der Waals surface area contributed by atoms with Gasteiger partial charge < -0.3 is 9.47 Å². The molecule has 1 aliphatic rings. The predicted octanol–water partition coefficient (Wildman–Crippen LogP) is 4.24. The highest BCUT2D eigenvalue weighted by Crippen LogP contribution is 2.30. The molecule has 1 N–H and O–H groups in total. The number of nitrogens with zero attached hydrogens (tertiary/aromatic N) is 1. The van der Waals surface area contributed by atoms with Crippen LogP contribution < -0.4 is 0 Å². The fraction of sp³-hybridized carbons (Fsp3) is 0.211. The van der Waals surface area contributed by atoms with Crippen molar-refractivity contribution in [3.05, 3.63) is 65.5 Å². The first-order valence-corrected chi connectivity index (χ1v) is 7.86. The zero-order valence-corrected chi connectivity index (χ0v) is 13.3. The highest BCUT2D eigenvalue weighted by Gasteiger charge is 2.19. The SMILES string of the molecule is Cc1cc(C2OCCO2)ccc1-c1cc(-c2ccc(F)cc2)[nH]n1. The van der Waals surface area contributed by atoms with Gasteiger partial charge in [0.15, 0.2) is 6.29 Å². The molecule has 0 amide bonds. The molecule has 0 atom stereocenters. The Kier molecular flexibility index (Phi) is 3.88. The van der Waals surface area contributed by atoms with Gasteiger partial charge in [0, 0.05) is 11.1 Å². The highest BCUT2D eigenvalue weighted by atomic mass is 19.1. The van der Waals surface area contributed by atoms with E-state index in [-0.39, 0.29) is 12.1 Å². The average molecular weight is 324 g/mol. The Morgan fingerprint density at radius 3 is 2.50 bits per heavy atom. The van der Waals surface area contributed by atoms with Gasteiger partial charge in [0.1, 0.15) is 5.82 Å². The molecule has 3 aromatic rings. The fourth-order valence-corrected chi connectivity index (χ4v) is 2.91. The lowest BCUT2D eigenvalue weighted by atomic mass is 10.0. The molecule has 0 saturated carbocycles. The summed E-state index contributed by atoms with van der Waals surface area (Å²) >= 11 is 0. The minimum absolute atomic E-state index is 0.249. The van der Waals surface area contributed by atoms with E-state index in [9.17, 15) is 4.39 Å². The van der Waals surface area contributed by atoms with Crippen LogP contribution in [0.3, 0.4) is 0 Å². The molecule has 4 rings (SSSR count). The zero-order chi connectivity index (χ0) is 16.5. The second kappa shape index (κ2) is 6.19. The number of H-pyrrole nitrogens is 1. The van der Waals surface area contributed by atoms with E-state index >= 15 is 0 Å². The Morgan fingerprint density at radius 1 is 1.04 bits per heavy atom. The predicted molar refractivity (Wildman–Crippen MR) is 88.8 cm³/mol. The van der Waals surface area contributed by atoms with Gasteiger partial charge in [-0.3, -0.25) is 5.10 Å². The number of rotatable bonds is 3. The van der Waals surface area contributed by atoms with Gasteiger partial charge >= 0.3 is 0 Å². The molecular formula is C19H17FN2O2. The minimum Gasteiger partial charge on any atom is -0.346 e. The zero-order valence-electron chi connectivity index (χ0n) is 13.3. The van der Waals surface area contributed by atoms with E-state index in [1.165, 1.54) is 12.1 Å². The van der Waals surface area contributed by atoms with Gasteiger partial charge in [0.25, 0.3) is 0 Å². The molecular weight excluding hydrogens is 307 g/mol. The lowest BCUT2D eigenvalue weighted by Crippen LogP contribution is -1.98. The monoisotopic (exact) mass is 324 g/mol. The maximum absolute atomic E-state index is 13.0. The number of ether oxygens (including phenoxy) is 2. The summed E-state index contributed by atoms with van der Waals surface area (Å²) in [7, 11) is 0. The van der Waals surface area contributed by atoms with Crippen LogP contribution >= 0.6 is 0 Å². The third-order valence-corrected chi connectivity index (χ3v) is 4.15. The third-order valence-electron chi connectivity index (χ3n) is 4.15. The van der Waals surface area contributed by atoms with E-state index in [0.717, 1.165) is 33.6 Å². The number of hydrogen-bond donors (Lipinski definition) is 1. The molecule has 0 spiro atoms. The molecule has 24 heavy (non-hydrogen) atoms. The Labute approximate surface area is 139 Å². The average Bonchev–Trinajstić information content (AvgIpc) is 3.27. The maximum atomic E-state index is 13.0. The third kappa shape index (κ3) is 2.84. The molecule has 2 aromatic carbocycles. The van der Waals surface area contributed by atoms with Crippen LogP contribution in [0.15, 0.2) is 48.5 Å². The van der Waals surface area contributed by atoms with Gasteiger partial charge in [0.05, 0.1) is 24.6 Å². The number of aromatic nitrogens is 2. The van der Waals surface area contributed by atoms with Crippen molar-refractivity contribution >= 4 is 0 Å². The normalized spacial score (nSPS) is 15.1. The van der Waals surface area contributed by atoms with Crippen molar-refractivity contribution in [1.29, 1.82) is 0 Å². The first kappa shape index (κ1) is 15.1. The molecule has 1 saturated heterocycles. The number of benzene rings is 2. The Balaban J connectivity index is 1.63. The van der Waals surface area contributed by atoms with E-state index in [0.29, 0.717) is 13.2 Å². The quantitative estimate of drug-likeness (QED) is 0.784. The van der Waals surface area contributed by atoms with Crippen molar-refractivity contribution < 1.29 is 13.9 Å². The van der Waals surface area contributed by atoms with Gasteiger partial charge in [-0.15, -0.1) is 0 Å². The van der Waals surface area contributed by atoms with E-state index < -0.39 is 0 Å². The van der Waals surface area contributed by atoms with Crippen molar-refractivity contribution in [3.8, 4) is 22.5 Å². The molecule has 1 fully saturated rings. The van der Waals surface area contributed by atoms with E-state index in [1.807, 2.05) is 25.1 Å². The second-order valence-corrected chi connectivity index (χ2v) is 5.82. The Bertz CT molecular complexity index is 852. The molecule has 0 aliphatic carbocycles.